The zero-order chi connectivity index (χ0) is 13.1. The number of thioether (sulfide) groups is 1. The second-order valence-electron chi connectivity index (χ2n) is 4.52. The number of hydrogen-bond donors (Lipinski definition) is 1. The summed E-state index contributed by atoms with van der Waals surface area (Å²) >= 11 is 1.82. The van der Waals surface area contributed by atoms with Gasteiger partial charge in [0.15, 0.2) is 0 Å². The van der Waals surface area contributed by atoms with E-state index >= 15 is 0 Å². The zero-order valence-corrected chi connectivity index (χ0v) is 11.5. The average Bonchev–Trinajstić information content (AvgIpc) is 2.63. The number of carbonyl (C=O) groups is 1. The molecule has 7 heteroatoms. The van der Waals surface area contributed by atoms with E-state index in [0.29, 0.717) is 6.54 Å². The maximum Gasteiger partial charge on any atom is 0.304 e. The van der Waals surface area contributed by atoms with Crippen molar-refractivity contribution in [3.05, 3.63) is 11.6 Å². The minimum atomic E-state index is -0.735. The predicted molar refractivity (Wildman–Crippen MR) is 69.5 cm³/mol. The number of aliphatic carboxylic acids is 1. The van der Waals surface area contributed by atoms with Crippen LogP contribution < -0.4 is 0 Å². The van der Waals surface area contributed by atoms with Gasteiger partial charge >= 0.3 is 5.97 Å². The van der Waals surface area contributed by atoms with Crippen LogP contribution in [0.4, 0.5) is 0 Å². The Bertz CT molecular complexity index is 435. The second-order valence-corrected chi connectivity index (χ2v) is 5.67. The predicted octanol–water partition coefficient (Wildman–Crippen LogP) is 0.516. The number of carboxylic acid groups (broad SMARTS) is 1. The third kappa shape index (κ3) is 3.02. The Morgan fingerprint density at radius 1 is 1.56 bits per heavy atom. The molecule has 2 rings (SSSR count). The highest BCUT2D eigenvalue weighted by molar-refractivity contribution is 7.99. The summed E-state index contributed by atoms with van der Waals surface area (Å²) in [4.78, 5) is 13.1. The van der Waals surface area contributed by atoms with Gasteiger partial charge in [0.05, 0.1) is 13.0 Å². The highest BCUT2D eigenvalue weighted by Gasteiger charge is 2.26. The summed E-state index contributed by atoms with van der Waals surface area (Å²) in [6, 6.07) is 0.0956. The molecule has 1 fully saturated rings. The zero-order valence-electron chi connectivity index (χ0n) is 10.7. The van der Waals surface area contributed by atoms with Crippen molar-refractivity contribution in [2.45, 2.75) is 25.9 Å². The molecule has 6 nitrogen and oxygen atoms in total. The number of aryl methyl sites for hydroxylation is 1. The Kier molecular flexibility index (Phi) is 4.23. The fourth-order valence-corrected chi connectivity index (χ4v) is 3.19. The topological polar surface area (TPSA) is 71.2 Å². The normalized spacial score (nSPS) is 21.1. The van der Waals surface area contributed by atoms with Crippen LogP contribution in [0.3, 0.4) is 0 Å². The molecule has 2 heterocycles. The van der Waals surface area contributed by atoms with Crippen LogP contribution in [-0.4, -0.2) is 54.8 Å². The first-order valence-electron chi connectivity index (χ1n) is 5.96. The van der Waals surface area contributed by atoms with Crippen molar-refractivity contribution in [3.8, 4) is 0 Å². The molecule has 0 spiro atoms. The van der Waals surface area contributed by atoms with Crippen molar-refractivity contribution in [1.82, 2.24) is 19.7 Å². The van der Waals surface area contributed by atoms with Gasteiger partial charge in [0, 0.05) is 31.1 Å². The summed E-state index contributed by atoms with van der Waals surface area (Å²) < 4.78 is 1.96. The lowest BCUT2D eigenvalue weighted by Crippen LogP contribution is -2.43. The fraction of sp³-hybridized carbons (Fsp3) is 0.727. The molecule has 100 valence electrons. The SMILES string of the molecule is Cc1nnc(CN2CCSCC2CC(=O)O)n1C. The summed E-state index contributed by atoms with van der Waals surface area (Å²) in [7, 11) is 1.94. The van der Waals surface area contributed by atoms with Gasteiger partial charge in [-0.25, -0.2) is 0 Å². The maximum absolute atomic E-state index is 10.9. The Morgan fingerprint density at radius 2 is 2.33 bits per heavy atom. The van der Waals surface area contributed by atoms with Gasteiger partial charge in [-0.2, -0.15) is 11.8 Å². The Hall–Kier alpha value is -1.08. The molecule has 1 aliphatic heterocycles. The van der Waals surface area contributed by atoms with Gasteiger partial charge in [-0.05, 0) is 6.92 Å². The maximum atomic E-state index is 10.9. The average molecular weight is 270 g/mol. The van der Waals surface area contributed by atoms with E-state index < -0.39 is 5.97 Å². The quantitative estimate of drug-likeness (QED) is 0.860. The van der Waals surface area contributed by atoms with Gasteiger partial charge in [0.1, 0.15) is 11.6 Å². The Morgan fingerprint density at radius 3 is 2.94 bits per heavy atom. The summed E-state index contributed by atoms with van der Waals surface area (Å²) in [5.41, 5.74) is 0. The monoisotopic (exact) mass is 270 g/mol. The highest BCUT2D eigenvalue weighted by atomic mass is 32.2. The lowest BCUT2D eigenvalue weighted by atomic mass is 10.2. The van der Waals surface area contributed by atoms with Crippen LogP contribution in [0.5, 0.6) is 0 Å². The molecule has 0 saturated carbocycles. The van der Waals surface area contributed by atoms with E-state index in [0.717, 1.165) is 29.7 Å². The van der Waals surface area contributed by atoms with Crippen LogP contribution in [0.1, 0.15) is 18.1 Å². The van der Waals surface area contributed by atoms with Crippen molar-refractivity contribution in [1.29, 1.82) is 0 Å². The molecule has 0 aromatic carbocycles. The molecule has 1 N–H and O–H groups in total. The van der Waals surface area contributed by atoms with Crippen LogP contribution in [-0.2, 0) is 18.4 Å². The molecular weight excluding hydrogens is 252 g/mol. The molecule has 0 amide bonds. The smallest absolute Gasteiger partial charge is 0.304 e. The first-order chi connectivity index (χ1) is 8.58. The lowest BCUT2D eigenvalue weighted by molar-refractivity contribution is -0.138. The van der Waals surface area contributed by atoms with Crippen LogP contribution in [0, 0.1) is 6.92 Å². The van der Waals surface area contributed by atoms with Gasteiger partial charge in [0.2, 0.25) is 0 Å². The first-order valence-corrected chi connectivity index (χ1v) is 7.12. The number of carboxylic acids is 1. The van der Waals surface area contributed by atoms with Gasteiger partial charge in [-0.15, -0.1) is 10.2 Å². The largest absolute Gasteiger partial charge is 0.481 e. The molecule has 1 atom stereocenters. The molecule has 1 aromatic rings. The third-order valence-electron chi connectivity index (χ3n) is 3.29. The standard InChI is InChI=1S/C11H18N4O2S/c1-8-12-13-10(14(8)2)6-15-3-4-18-7-9(15)5-11(16)17/h9H,3-7H2,1-2H3,(H,16,17). The molecular formula is C11H18N4O2S. The molecule has 0 radical (unpaired) electrons. The van der Waals surface area contributed by atoms with Crippen molar-refractivity contribution >= 4 is 17.7 Å². The number of rotatable bonds is 4. The van der Waals surface area contributed by atoms with E-state index in [-0.39, 0.29) is 12.5 Å². The molecule has 0 bridgehead atoms. The summed E-state index contributed by atoms with van der Waals surface area (Å²) in [5.74, 6) is 2.97. The summed E-state index contributed by atoms with van der Waals surface area (Å²) in [5, 5.41) is 17.1. The van der Waals surface area contributed by atoms with Crippen LogP contribution in [0.15, 0.2) is 0 Å². The van der Waals surface area contributed by atoms with E-state index in [1.165, 1.54) is 0 Å². The highest BCUT2D eigenvalue weighted by Crippen LogP contribution is 2.20. The van der Waals surface area contributed by atoms with E-state index in [9.17, 15) is 4.79 Å². The molecule has 1 saturated heterocycles. The first kappa shape index (κ1) is 13.4. The second kappa shape index (κ2) is 5.71. The number of hydrogen-bond acceptors (Lipinski definition) is 5. The van der Waals surface area contributed by atoms with Crippen LogP contribution in [0.25, 0.3) is 0 Å². The Balaban J connectivity index is 2.05. The van der Waals surface area contributed by atoms with Gasteiger partial charge in [0.25, 0.3) is 0 Å². The Labute approximate surface area is 110 Å². The minimum absolute atomic E-state index is 0.0956. The number of aromatic nitrogens is 3. The van der Waals surface area contributed by atoms with Crippen molar-refractivity contribution in [2.75, 3.05) is 18.1 Å². The van der Waals surface area contributed by atoms with E-state index in [2.05, 4.69) is 15.1 Å². The van der Waals surface area contributed by atoms with E-state index in [1.807, 2.05) is 30.3 Å². The van der Waals surface area contributed by atoms with Gasteiger partial charge in [-0.1, -0.05) is 0 Å². The molecule has 1 unspecified atom stereocenters. The van der Waals surface area contributed by atoms with E-state index in [4.69, 9.17) is 5.11 Å². The molecule has 18 heavy (non-hydrogen) atoms. The van der Waals surface area contributed by atoms with Crippen LogP contribution >= 0.6 is 11.8 Å². The van der Waals surface area contributed by atoms with Crippen molar-refractivity contribution < 1.29 is 9.90 Å². The van der Waals surface area contributed by atoms with Gasteiger partial charge in [-0.3, -0.25) is 9.69 Å². The third-order valence-corrected chi connectivity index (χ3v) is 4.38. The lowest BCUT2D eigenvalue weighted by Gasteiger charge is -2.34. The van der Waals surface area contributed by atoms with Crippen molar-refractivity contribution in [3.63, 3.8) is 0 Å². The molecule has 1 aromatic heterocycles. The summed E-state index contributed by atoms with van der Waals surface area (Å²) in [6.45, 7) is 3.50. The minimum Gasteiger partial charge on any atom is -0.481 e. The van der Waals surface area contributed by atoms with E-state index in [1.54, 1.807) is 0 Å². The number of nitrogens with zero attached hydrogens (tertiary/aromatic N) is 4. The summed E-state index contributed by atoms with van der Waals surface area (Å²) in [6.07, 6.45) is 0.198. The molecule has 0 aliphatic carbocycles. The van der Waals surface area contributed by atoms with Crippen molar-refractivity contribution in [2.24, 2.45) is 7.05 Å². The van der Waals surface area contributed by atoms with Gasteiger partial charge < -0.3 is 9.67 Å². The fourth-order valence-electron chi connectivity index (χ4n) is 2.06. The van der Waals surface area contributed by atoms with Crippen LogP contribution in [0.2, 0.25) is 0 Å². The molecule has 1 aliphatic rings.